The maximum absolute atomic E-state index is 15.1. The lowest BCUT2D eigenvalue weighted by Crippen LogP contribution is -2.23. The van der Waals surface area contributed by atoms with Crippen LogP contribution in [0, 0.1) is 11.7 Å². The number of allylic oxidation sites excluding steroid dienone is 4. The maximum Gasteiger partial charge on any atom is 0.341 e. The van der Waals surface area contributed by atoms with Gasteiger partial charge in [-0.15, -0.1) is 0 Å². The molecule has 1 atom stereocenters. The summed E-state index contributed by atoms with van der Waals surface area (Å²) in [4.78, 5) is 26.7. The fraction of sp³-hybridized carbons (Fsp3) is 0.241. The van der Waals surface area contributed by atoms with E-state index in [1.54, 1.807) is 22.8 Å². The Labute approximate surface area is 204 Å². The molecule has 6 heteroatoms. The van der Waals surface area contributed by atoms with Gasteiger partial charge in [0.15, 0.2) is 0 Å². The Kier molecular flexibility index (Phi) is 7.01. The van der Waals surface area contributed by atoms with Gasteiger partial charge in [-0.2, -0.15) is 0 Å². The number of fused-ring (bicyclic) bond motifs is 1. The number of anilines is 1. The second-order valence-electron chi connectivity index (χ2n) is 8.89. The first-order valence-electron chi connectivity index (χ1n) is 11.8. The van der Waals surface area contributed by atoms with Gasteiger partial charge in [0.05, 0.1) is 11.2 Å². The van der Waals surface area contributed by atoms with Gasteiger partial charge in [-0.25, -0.2) is 9.18 Å². The molecule has 0 aliphatic carbocycles. The summed E-state index contributed by atoms with van der Waals surface area (Å²) >= 11 is 0. The minimum Gasteiger partial charge on any atom is -0.477 e. The molecular weight excluding hydrogens is 443 g/mol. The van der Waals surface area contributed by atoms with Crippen LogP contribution in [0.15, 0.2) is 78.8 Å². The van der Waals surface area contributed by atoms with E-state index in [9.17, 15) is 14.7 Å². The predicted octanol–water partition coefficient (Wildman–Crippen LogP) is 5.88. The van der Waals surface area contributed by atoms with E-state index in [2.05, 4.69) is 20.1 Å². The summed E-state index contributed by atoms with van der Waals surface area (Å²) in [6.45, 7) is 11.5. The quantitative estimate of drug-likeness (QED) is 0.416. The van der Waals surface area contributed by atoms with E-state index >= 15 is 4.39 Å². The highest BCUT2D eigenvalue weighted by Gasteiger charge is 2.25. The summed E-state index contributed by atoms with van der Waals surface area (Å²) in [5, 5.41) is 9.67. The van der Waals surface area contributed by atoms with E-state index in [-0.39, 0.29) is 10.9 Å². The van der Waals surface area contributed by atoms with Crippen LogP contribution in [0.1, 0.15) is 41.3 Å². The zero-order valence-electron chi connectivity index (χ0n) is 19.8. The van der Waals surface area contributed by atoms with Crippen LogP contribution in [0.25, 0.3) is 16.5 Å². The fourth-order valence-electron chi connectivity index (χ4n) is 4.72. The fourth-order valence-corrected chi connectivity index (χ4v) is 4.72. The van der Waals surface area contributed by atoms with E-state index in [1.165, 1.54) is 12.3 Å². The summed E-state index contributed by atoms with van der Waals surface area (Å²) in [5.41, 5.74) is 2.73. The highest BCUT2D eigenvalue weighted by atomic mass is 19.1. The molecule has 0 bridgehead atoms. The molecule has 0 radical (unpaired) electrons. The SMILES string of the molecule is C=C/C=C(\C=C)c1ccc(Cn2cc(C(=O)O)c(=O)c3cc(F)c(N4CCC(CC)C4)cc32)cc1. The second-order valence-corrected chi connectivity index (χ2v) is 8.89. The number of pyridine rings is 1. The van der Waals surface area contributed by atoms with Crippen LogP contribution < -0.4 is 10.3 Å². The van der Waals surface area contributed by atoms with Gasteiger partial charge in [-0.3, -0.25) is 4.79 Å². The third-order valence-electron chi connectivity index (χ3n) is 6.74. The molecule has 5 nitrogen and oxygen atoms in total. The third-order valence-corrected chi connectivity index (χ3v) is 6.74. The van der Waals surface area contributed by atoms with Crippen LogP contribution in [0.4, 0.5) is 10.1 Å². The van der Waals surface area contributed by atoms with Gasteiger partial charge in [0.2, 0.25) is 5.43 Å². The number of aromatic carboxylic acids is 1. The molecule has 0 saturated carbocycles. The van der Waals surface area contributed by atoms with Crippen LogP contribution in [-0.2, 0) is 6.54 Å². The van der Waals surface area contributed by atoms with Gasteiger partial charge in [0, 0.05) is 31.2 Å². The standard InChI is InChI=1S/C29H29FN2O3/c1-4-7-21(6-3)22-10-8-20(9-11-22)17-32-18-24(29(34)35)28(33)23-14-25(30)27(15-26(23)32)31-13-12-19(5-2)16-31/h4,6-11,14-15,18-19H,1,3,5,12-13,16-17H2,2H3,(H,34,35)/b21-7+. The van der Waals surface area contributed by atoms with E-state index in [1.807, 2.05) is 35.2 Å². The summed E-state index contributed by atoms with van der Waals surface area (Å²) < 4.78 is 16.9. The van der Waals surface area contributed by atoms with Crippen molar-refractivity contribution in [3.8, 4) is 0 Å². The third kappa shape index (κ3) is 4.83. The van der Waals surface area contributed by atoms with Crippen LogP contribution in [0.3, 0.4) is 0 Å². The number of carboxylic acids is 1. The lowest BCUT2D eigenvalue weighted by Gasteiger charge is -2.21. The molecule has 180 valence electrons. The van der Waals surface area contributed by atoms with Gasteiger partial charge in [-0.05, 0) is 41.2 Å². The summed E-state index contributed by atoms with van der Waals surface area (Å²) in [6, 6.07) is 10.7. The van der Waals surface area contributed by atoms with Crippen LogP contribution in [-0.4, -0.2) is 28.7 Å². The molecule has 1 fully saturated rings. The Bertz CT molecular complexity index is 1390. The van der Waals surface area contributed by atoms with E-state index < -0.39 is 17.2 Å². The normalized spacial score (nSPS) is 16.0. The van der Waals surface area contributed by atoms with Crippen LogP contribution in [0.5, 0.6) is 0 Å². The van der Waals surface area contributed by atoms with Gasteiger partial charge in [-0.1, -0.05) is 69.0 Å². The van der Waals surface area contributed by atoms with Crippen molar-refractivity contribution in [2.45, 2.75) is 26.3 Å². The van der Waals surface area contributed by atoms with Crippen LogP contribution in [0.2, 0.25) is 0 Å². The minimum absolute atomic E-state index is 0.0665. The molecule has 1 aromatic heterocycles. The first kappa shape index (κ1) is 24.2. The first-order chi connectivity index (χ1) is 16.9. The van der Waals surface area contributed by atoms with Gasteiger partial charge in [0.25, 0.3) is 0 Å². The van der Waals surface area contributed by atoms with Crippen molar-refractivity contribution >= 4 is 28.1 Å². The topological polar surface area (TPSA) is 62.5 Å². The van der Waals surface area contributed by atoms with Crippen molar-refractivity contribution < 1.29 is 14.3 Å². The zero-order valence-corrected chi connectivity index (χ0v) is 19.8. The van der Waals surface area contributed by atoms with Gasteiger partial charge >= 0.3 is 5.97 Å². The zero-order chi connectivity index (χ0) is 25.1. The highest BCUT2D eigenvalue weighted by molar-refractivity contribution is 5.93. The number of aromatic nitrogens is 1. The van der Waals surface area contributed by atoms with E-state index in [0.717, 1.165) is 42.6 Å². The van der Waals surface area contributed by atoms with Crippen molar-refractivity contribution in [1.29, 1.82) is 0 Å². The number of nitrogens with zero attached hydrogens (tertiary/aromatic N) is 2. The lowest BCUT2D eigenvalue weighted by molar-refractivity contribution is 0.0695. The average molecular weight is 473 g/mol. The predicted molar refractivity (Wildman–Crippen MR) is 140 cm³/mol. The number of rotatable bonds is 8. The van der Waals surface area contributed by atoms with Crippen molar-refractivity contribution in [2.75, 3.05) is 18.0 Å². The Hall–Kier alpha value is -3.93. The lowest BCUT2D eigenvalue weighted by atomic mass is 10.0. The number of halogens is 1. The molecular formula is C29H29FN2O3. The van der Waals surface area contributed by atoms with Gasteiger partial charge in [0.1, 0.15) is 11.4 Å². The molecule has 4 rings (SSSR count). The Balaban J connectivity index is 1.80. The smallest absolute Gasteiger partial charge is 0.341 e. The first-order valence-corrected chi connectivity index (χ1v) is 11.8. The highest BCUT2D eigenvalue weighted by Crippen LogP contribution is 2.31. The molecule has 3 aromatic rings. The molecule has 1 aliphatic heterocycles. The monoisotopic (exact) mass is 472 g/mol. The molecule has 0 amide bonds. The van der Waals surface area contributed by atoms with Gasteiger partial charge < -0.3 is 14.6 Å². The van der Waals surface area contributed by atoms with Crippen molar-refractivity contribution in [3.63, 3.8) is 0 Å². The molecule has 1 aliphatic rings. The number of benzene rings is 2. The molecule has 35 heavy (non-hydrogen) atoms. The van der Waals surface area contributed by atoms with Crippen molar-refractivity contribution in [3.05, 3.63) is 107 Å². The molecule has 1 N–H and O–H groups in total. The summed E-state index contributed by atoms with van der Waals surface area (Å²) in [5.74, 6) is -1.33. The van der Waals surface area contributed by atoms with E-state index in [4.69, 9.17) is 0 Å². The molecule has 2 aromatic carbocycles. The molecule has 1 saturated heterocycles. The van der Waals surface area contributed by atoms with Crippen molar-refractivity contribution in [1.82, 2.24) is 4.57 Å². The average Bonchev–Trinajstić information content (AvgIpc) is 3.33. The van der Waals surface area contributed by atoms with E-state index in [0.29, 0.717) is 23.7 Å². The summed E-state index contributed by atoms with van der Waals surface area (Å²) in [7, 11) is 0. The maximum atomic E-state index is 15.1. The Morgan fingerprint density at radius 2 is 1.97 bits per heavy atom. The Morgan fingerprint density at radius 1 is 1.23 bits per heavy atom. The molecule has 2 heterocycles. The minimum atomic E-state index is -1.33. The van der Waals surface area contributed by atoms with Crippen molar-refractivity contribution in [2.24, 2.45) is 5.92 Å². The van der Waals surface area contributed by atoms with Crippen LogP contribution >= 0.6 is 0 Å². The number of hydrogen-bond acceptors (Lipinski definition) is 3. The second kappa shape index (κ2) is 10.1. The number of carboxylic acid groups (broad SMARTS) is 1. The Morgan fingerprint density at radius 3 is 2.57 bits per heavy atom. The number of hydrogen-bond donors (Lipinski definition) is 1. The number of carbonyl (C=O) groups is 1. The largest absolute Gasteiger partial charge is 0.477 e. The molecule has 1 unspecified atom stereocenters. The summed E-state index contributed by atoms with van der Waals surface area (Å²) in [6.07, 6.45) is 8.71. The molecule has 0 spiro atoms.